The number of hydrogen-bond acceptors (Lipinski definition) is 2. The highest BCUT2D eigenvalue weighted by molar-refractivity contribution is 5.81. The highest BCUT2D eigenvalue weighted by Gasteiger charge is 2.37. The smallest absolute Gasteiger partial charge is 0.135 e. The second-order valence-corrected chi connectivity index (χ2v) is 8.98. The third-order valence-electron chi connectivity index (χ3n) is 3.33. The number of hydrogen-bond donors (Lipinski definition) is 0. The fourth-order valence-corrected chi connectivity index (χ4v) is 3.29. The molecule has 0 radical (unpaired) electrons. The molecule has 0 rings (SSSR count). The molecule has 0 fully saturated rings. The van der Waals surface area contributed by atoms with Crippen molar-refractivity contribution in [3.8, 4) is 0 Å². The quantitative estimate of drug-likeness (QED) is 0.678. The van der Waals surface area contributed by atoms with Crippen molar-refractivity contribution in [1.82, 2.24) is 0 Å². The van der Waals surface area contributed by atoms with Gasteiger partial charge < -0.3 is 4.74 Å². The van der Waals surface area contributed by atoms with E-state index in [1.807, 2.05) is 13.8 Å². The van der Waals surface area contributed by atoms with Gasteiger partial charge in [0, 0.05) is 5.41 Å². The van der Waals surface area contributed by atoms with Gasteiger partial charge in [0.15, 0.2) is 0 Å². The molecule has 0 spiro atoms. The van der Waals surface area contributed by atoms with Gasteiger partial charge in [-0.15, -0.1) is 0 Å². The van der Waals surface area contributed by atoms with Crippen LogP contribution in [0.1, 0.15) is 82.1 Å². The summed E-state index contributed by atoms with van der Waals surface area (Å²) in [7, 11) is 0. The summed E-state index contributed by atoms with van der Waals surface area (Å²) in [4.78, 5) is 11.7. The van der Waals surface area contributed by atoms with E-state index in [9.17, 15) is 4.79 Å². The fourth-order valence-electron chi connectivity index (χ4n) is 3.29. The molecule has 0 atom stereocenters. The van der Waals surface area contributed by atoms with Crippen LogP contribution in [0.3, 0.4) is 0 Å². The first-order valence-corrected chi connectivity index (χ1v) is 7.28. The molecule has 0 saturated heterocycles. The average Bonchev–Trinajstić information content (AvgIpc) is 1.91. The number of ether oxygens (including phenoxy) is 1. The Bertz CT molecular complexity index is 317. The molecule has 0 aromatic rings. The lowest BCUT2D eigenvalue weighted by Gasteiger charge is -2.42. The van der Waals surface area contributed by atoms with Gasteiger partial charge in [0.2, 0.25) is 0 Å². The Labute approximate surface area is 120 Å². The summed E-state index contributed by atoms with van der Waals surface area (Å²) in [6.07, 6.45) is 1.73. The molecule has 0 aromatic heterocycles. The molecule has 0 amide bonds. The van der Waals surface area contributed by atoms with Crippen molar-refractivity contribution in [3.05, 3.63) is 0 Å². The van der Waals surface area contributed by atoms with Crippen LogP contribution in [0.5, 0.6) is 0 Å². The van der Waals surface area contributed by atoms with Crippen molar-refractivity contribution < 1.29 is 9.53 Å². The largest absolute Gasteiger partial charge is 0.370 e. The monoisotopic (exact) mass is 270 g/mol. The topological polar surface area (TPSA) is 26.3 Å². The van der Waals surface area contributed by atoms with Crippen LogP contribution in [-0.2, 0) is 9.53 Å². The molecule has 2 nitrogen and oxygen atoms in total. The van der Waals surface area contributed by atoms with E-state index >= 15 is 0 Å². The number of rotatable bonds is 6. The Hall–Kier alpha value is -0.370. The van der Waals surface area contributed by atoms with E-state index in [1.54, 1.807) is 6.92 Å². The predicted octanol–water partition coefficient (Wildman–Crippen LogP) is 5.00. The van der Waals surface area contributed by atoms with Crippen LogP contribution in [0.25, 0.3) is 0 Å². The van der Waals surface area contributed by atoms with Crippen LogP contribution >= 0.6 is 0 Å². The molecule has 114 valence electrons. The zero-order valence-electron chi connectivity index (χ0n) is 14.7. The van der Waals surface area contributed by atoms with E-state index < -0.39 is 0 Å². The van der Waals surface area contributed by atoms with Crippen LogP contribution in [0.15, 0.2) is 0 Å². The molecule has 0 unspecified atom stereocenters. The molecule has 0 bridgehead atoms. The molecule has 0 N–H and O–H groups in total. The van der Waals surface area contributed by atoms with Gasteiger partial charge in [-0.05, 0) is 52.9 Å². The van der Waals surface area contributed by atoms with Crippen molar-refractivity contribution in [3.63, 3.8) is 0 Å². The van der Waals surface area contributed by atoms with Crippen LogP contribution in [0, 0.1) is 10.8 Å². The van der Waals surface area contributed by atoms with Gasteiger partial charge in [0.1, 0.15) is 5.78 Å². The van der Waals surface area contributed by atoms with Gasteiger partial charge >= 0.3 is 0 Å². The van der Waals surface area contributed by atoms with Crippen LogP contribution in [0.4, 0.5) is 0 Å². The summed E-state index contributed by atoms with van der Waals surface area (Å²) in [6.45, 7) is 20.8. The van der Waals surface area contributed by atoms with Crippen molar-refractivity contribution in [2.75, 3.05) is 0 Å². The minimum atomic E-state index is -0.332. The number of carbonyl (C=O) groups is 1. The van der Waals surface area contributed by atoms with E-state index in [2.05, 4.69) is 48.5 Å². The first-order chi connectivity index (χ1) is 8.06. The molecule has 0 aliphatic rings. The maximum atomic E-state index is 11.7. The molecule has 19 heavy (non-hydrogen) atoms. The Balaban J connectivity index is 4.82. The molecule has 2 heteroatoms. The molecular weight excluding hydrogens is 236 g/mol. The minimum Gasteiger partial charge on any atom is -0.370 e. The molecular formula is C17H34O2. The summed E-state index contributed by atoms with van der Waals surface area (Å²) in [5, 5.41) is 0. The zero-order chi connectivity index (χ0) is 15.7. The third-order valence-corrected chi connectivity index (χ3v) is 3.33. The lowest BCUT2D eigenvalue weighted by molar-refractivity contribution is -0.156. The van der Waals surface area contributed by atoms with Crippen molar-refractivity contribution >= 4 is 5.78 Å². The summed E-state index contributed by atoms with van der Waals surface area (Å²) in [5.74, 6) is 0.220. The highest BCUT2D eigenvalue weighted by atomic mass is 16.5. The van der Waals surface area contributed by atoms with Gasteiger partial charge in [-0.1, -0.05) is 34.6 Å². The Kier molecular flexibility index (Phi) is 5.45. The van der Waals surface area contributed by atoms with Crippen molar-refractivity contribution in [2.24, 2.45) is 10.8 Å². The van der Waals surface area contributed by atoms with Gasteiger partial charge in [0.05, 0.1) is 11.2 Å². The van der Waals surface area contributed by atoms with Crippen LogP contribution < -0.4 is 0 Å². The molecule has 0 heterocycles. The van der Waals surface area contributed by atoms with Crippen LogP contribution in [0.2, 0.25) is 0 Å². The highest BCUT2D eigenvalue weighted by Crippen LogP contribution is 2.37. The van der Waals surface area contributed by atoms with E-state index in [0.717, 1.165) is 12.8 Å². The second kappa shape index (κ2) is 5.55. The standard InChI is InChI=1S/C17H34O2/c1-13(18)15(5,6)12-17(9,10)19-16(7,8)11-14(2,3)4/h11-12H2,1-10H3. The first kappa shape index (κ1) is 18.6. The lowest BCUT2D eigenvalue weighted by Crippen LogP contribution is -2.43. The minimum absolute atomic E-state index is 0.186. The maximum Gasteiger partial charge on any atom is 0.135 e. The number of ketones is 1. The molecule has 0 aliphatic carbocycles. The maximum absolute atomic E-state index is 11.7. The van der Waals surface area contributed by atoms with Crippen molar-refractivity contribution in [2.45, 2.75) is 93.3 Å². The van der Waals surface area contributed by atoms with Crippen LogP contribution in [-0.4, -0.2) is 17.0 Å². The van der Waals surface area contributed by atoms with Gasteiger partial charge in [-0.25, -0.2) is 0 Å². The Morgan fingerprint density at radius 1 is 0.789 bits per heavy atom. The van der Waals surface area contributed by atoms with E-state index in [0.29, 0.717) is 0 Å². The van der Waals surface area contributed by atoms with Gasteiger partial charge in [-0.2, -0.15) is 0 Å². The summed E-state index contributed by atoms with van der Waals surface area (Å²) in [5.41, 5.74) is -0.588. The zero-order valence-corrected chi connectivity index (χ0v) is 14.7. The summed E-state index contributed by atoms with van der Waals surface area (Å²) >= 11 is 0. The normalized spacial score (nSPS) is 14.6. The second-order valence-electron chi connectivity index (χ2n) is 8.98. The average molecular weight is 270 g/mol. The first-order valence-electron chi connectivity index (χ1n) is 7.28. The Morgan fingerprint density at radius 2 is 1.16 bits per heavy atom. The Morgan fingerprint density at radius 3 is 1.47 bits per heavy atom. The lowest BCUT2D eigenvalue weighted by atomic mass is 9.78. The molecule has 0 aromatic carbocycles. The summed E-state index contributed by atoms with van der Waals surface area (Å²) < 4.78 is 6.34. The number of Topliss-reactive ketones (excluding diaryl/α,β-unsaturated/α-hetero) is 1. The number of carbonyl (C=O) groups excluding carboxylic acids is 1. The molecule has 0 aliphatic heterocycles. The van der Waals surface area contributed by atoms with Gasteiger partial charge in [-0.3, -0.25) is 4.79 Å². The van der Waals surface area contributed by atoms with E-state index in [-0.39, 0.29) is 27.8 Å². The third kappa shape index (κ3) is 7.71. The van der Waals surface area contributed by atoms with Gasteiger partial charge in [0.25, 0.3) is 0 Å². The fraction of sp³-hybridized carbons (Fsp3) is 0.941. The molecule has 0 saturated carbocycles. The SMILES string of the molecule is CC(=O)C(C)(C)CC(C)(C)OC(C)(C)CC(C)(C)C. The predicted molar refractivity (Wildman–Crippen MR) is 82.4 cm³/mol. The van der Waals surface area contributed by atoms with E-state index in [1.165, 1.54) is 0 Å². The van der Waals surface area contributed by atoms with Crippen molar-refractivity contribution in [1.29, 1.82) is 0 Å². The summed E-state index contributed by atoms with van der Waals surface area (Å²) in [6, 6.07) is 0. The van der Waals surface area contributed by atoms with E-state index in [4.69, 9.17) is 4.74 Å².